The van der Waals surface area contributed by atoms with Gasteiger partial charge in [0, 0.05) is 18.3 Å². The van der Waals surface area contributed by atoms with Crippen LogP contribution in [-0.2, 0) is 19.9 Å². The van der Waals surface area contributed by atoms with Gasteiger partial charge in [-0.3, -0.25) is 0 Å². The maximum absolute atomic E-state index is 12.1. The van der Waals surface area contributed by atoms with Crippen LogP contribution < -0.4 is 4.72 Å². The normalized spacial score (nSPS) is 23.0. The molecule has 0 aromatic carbocycles. The van der Waals surface area contributed by atoms with E-state index in [0.717, 1.165) is 0 Å². The van der Waals surface area contributed by atoms with Crippen molar-refractivity contribution in [3.05, 3.63) is 12.5 Å². The molecule has 108 valence electrons. The van der Waals surface area contributed by atoms with Crippen LogP contribution in [0.1, 0.15) is 26.3 Å². The lowest BCUT2D eigenvalue weighted by molar-refractivity contribution is 0.558. The minimum Gasteiger partial charge on any atom is -0.334 e. The highest BCUT2D eigenvalue weighted by atomic mass is 32.2. The first-order valence-corrected chi connectivity index (χ1v) is 9.26. The van der Waals surface area contributed by atoms with E-state index < -0.39 is 25.9 Å². The molecular weight excluding hydrogens is 290 g/mol. The van der Waals surface area contributed by atoms with Crippen molar-refractivity contribution in [3.8, 4) is 0 Å². The third-order valence-corrected chi connectivity index (χ3v) is 6.18. The van der Waals surface area contributed by atoms with Crippen molar-refractivity contribution in [1.29, 1.82) is 0 Å². The van der Waals surface area contributed by atoms with E-state index in [4.69, 9.17) is 0 Å². The zero-order valence-corrected chi connectivity index (χ0v) is 12.4. The molecule has 0 spiro atoms. The first kappa shape index (κ1) is 14.5. The minimum atomic E-state index is -3.75. The van der Waals surface area contributed by atoms with Gasteiger partial charge < -0.3 is 4.57 Å². The summed E-state index contributed by atoms with van der Waals surface area (Å²) in [6.07, 6.45) is 3.20. The van der Waals surface area contributed by atoms with Crippen molar-refractivity contribution >= 4 is 19.9 Å². The van der Waals surface area contributed by atoms with Crippen molar-refractivity contribution in [2.24, 2.45) is 0 Å². The summed E-state index contributed by atoms with van der Waals surface area (Å²) in [6.45, 7) is 3.82. The van der Waals surface area contributed by atoms with E-state index in [9.17, 15) is 16.8 Å². The third-order valence-electron chi connectivity index (χ3n) is 3.00. The summed E-state index contributed by atoms with van der Waals surface area (Å²) in [7, 11) is -6.86. The molecule has 1 aliphatic rings. The van der Waals surface area contributed by atoms with Gasteiger partial charge in [0.1, 0.15) is 0 Å². The molecule has 0 unspecified atom stereocenters. The van der Waals surface area contributed by atoms with Crippen LogP contribution in [0.25, 0.3) is 0 Å². The molecule has 0 amide bonds. The molecular formula is C10H17N3O4S2. The van der Waals surface area contributed by atoms with Crippen LogP contribution in [0.3, 0.4) is 0 Å². The van der Waals surface area contributed by atoms with Crippen molar-refractivity contribution in [2.75, 3.05) is 11.5 Å². The molecule has 19 heavy (non-hydrogen) atoms. The van der Waals surface area contributed by atoms with Gasteiger partial charge in [0.15, 0.2) is 14.9 Å². The Morgan fingerprint density at radius 1 is 1.47 bits per heavy atom. The number of imidazole rings is 1. The number of nitrogens with one attached hydrogen (secondary N) is 1. The number of sulfonamides is 1. The molecule has 0 saturated carbocycles. The third kappa shape index (κ3) is 3.34. The SMILES string of the molecule is CC(C)n1cnc(S(=O)(=O)N[C@H]2CCS(=O)(=O)C2)c1. The fourth-order valence-corrected chi connectivity index (χ4v) is 4.89. The first-order valence-electron chi connectivity index (χ1n) is 5.96. The average Bonchev–Trinajstić information content (AvgIpc) is 2.84. The number of nitrogens with zero attached hydrogens (tertiary/aromatic N) is 2. The zero-order chi connectivity index (χ0) is 14.3. The second-order valence-corrected chi connectivity index (χ2v) is 8.86. The fourth-order valence-electron chi connectivity index (χ4n) is 1.91. The summed E-state index contributed by atoms with van der Waals surface area (Å²) < 4.78 is 50.8. The van der Waals surface area contributed by atoms with Gasteiger partial charge >= 0.3 is 0 Å². The van der Waals surface area contributed by atoms with Crippen LogP contribution in [0.5, 0.6) is 0 Å². The largest absolute Gasteiger partial charge is 0.334 e. The Balaban J connectivity index is 2.14. The molecule has 0 bridgehead atoms. The highest BCUT2D eigenvalue weighted by Crippen LogP contribution is 2.15. The highest BCUT2D eigenvalue weighted by Gasteiger charge is 2.32. The molecule has 9 heteroatoms. The lowest BCUT2D eigenvalue weighted by Crippen LogP contribution is -2.35. The predicted octanol–water partition coefficient (Wildman–Crippen LogP) is -0.0706. The molecule has 2 heterocycles. The molecule has 7 nitrogen and oxygen atoms in total. The Morgan fingerprint density at radius 3 is 2.63 bits per heavy atom. The van der Waals surface area contributed by atoms with Gasteiger partial charge in [0.25, 0.3) is 10.0 Å². The Kier molecular flexibility index (Phi) is 3.72. The van der Waals surface area contributed by atoms with E-state index in [1.54, 1.807) is 4.57 Å². The number of hydrogen-bond donors (Lipinski definition) is 1. The molecule has 1 fully saturated rings. The average molecular weight is 307 g/mol. The summed E-state index contributed by atoms with van der Waals surface area (Å²) in [4.78, 5) is 3.85. The molecule has 0 radical (unpaired) electrons. The lowest BCUT2D eigenvalue weighted by atomic mass is 10.3. The minimum absolute atomic E-state index is 0.0284. The monoisotopic (exact) mass is 307 g/mol. The number of aromatic nitrogens is 2. The Morgan fingerprint density at radius 2 is 2.16 bits per heavy atom. The van der Waals surface area contributed by atoms with Gasteiger partial charge in [-0.1, -0.05) is 0 Å². The number of sulfone groups is 1. The first-order chi connectivity index (χ1) is 8.70. The van der Waals surface area contributed by atoms with Crippen molar-refractivity contribution in [3.63, 3.8) is 0 Å². The smallest absolute Gasteiger partial charge is 0.259 e. The lowest BCUT2D eigenvalue weighted by Gasteiger charge is -2.09. The van der Waals surface area contributed by atoms with E-state index in [1.807, 2.05) is 13.8 Å². The summed E-state index contributed by atoms with van der Waals surface area (Å²) in [5, 5.41) is -0.0782. The van der Waals surface area contributed by atoms with Crippen LogP contribution in [0, 0.1) is 0 Å². The van der Waals surface area contributed by atoms with E-state index >= 15 is 0 Å². The van der Waals surface area contributed by atoms with Crippen LogP contribution in [0.2, 0.25) is 0 Å². The van der Waals surface area contributed by atoms with E-state index in [1.165, 1.54) is 12.5 Å². The highest BCUT2D eigenvalue weighted by molar-refractivity contribution is 7.92. The topological polar surface area (TPSA) is 98.1 Å². The maximum atomic E-state index is 12.1. The fraction of sp³-hybridized carbons (Fsp3) is 0.700. The summed E-state index contributed by atoms with van der Waals surface area (Å²) >= 11 is 0. The standard InChI is InChI=1S/C10H17N3O4S2/c1-8(2)13-5-10(11-7-13)19(16,17)12-9-3-4-18(14,15)6-9/h5,7-9,12H,3-4,6H2,1-2H3/t9-/m0/s1. The van der Waals surface area contributed by atoms with E-state index in [-0.39, 0.29) is 22.6 Å². The Hall–Kier alpha value is -0.930. The summed E-state index contributed by atoms with van der Waals surface area (Å²) in [5.41, 5.74) is 0. The van der Waals surface area contributed by atoms with Gasteiger partial charge in [-0.2, -0.15) is 0 Å². The second-order valence-electron chi connectivity index (χ2n) is 4.97. The quantitative estimate of drug-likeness (QED) is 0.839. The van der Waals surface area contributed by atoms with Gasteiger partial charge in [0.2, 0.25) is 0 Å². The maximum Gasteiger partial charge on any atom is 0.259 e. The molecule has 2 rings (SSSR count). The van der Waals surface area contributed by atoms with Gasteiger partial charge in [-0.25, -0.2) is 26.5 Å². The van der Waals surface area contributed by atoms with Crippen LogP contribution in [-0.4, -0.2) is 43.9 Å². The van der Waals surface area contributed by atoms with Gasteiger partial charge in [-0.15, -0.1) is 0 Å². The molecule has 1 aromatic heterocycles. The van der Waals surface area contributed by atoms with Crippen LogP contribution in [0.4, 0.5) is 0 Å². The Labute approximate surface area is 113 Å². The van der Waals surface area contributed by atoms with E-state index in [0.29, 0.717) is 6.42 Å². The van der Waals surface area contributed by atoms with Gasteiger partial charge in [-0.05, 0) is 20.3 Å². The van der Waals surface area contributed by atoms with Crippen molar-refractivity contribution < 1.29 is 16.8 Å². The summed E-state index contributed by atoms with van der Waals surface area (Å²) in [6, 6.07) is -0.442. The molecule has 1 aliphatic heterocycles. The molecule has 0 aliphatic carbocycles. The van der Waals surface area contributed by atoms with Gasteiger partial charge in [0.05, 0.1) is 17.8 Å². The number of hydrogen-bond acceptors (Lipinski definition) is 5. The van der Waals surface area contributed by atoms with E-state index in [2.05, 4.69) is 9.71 Å². The van der Waals surface area contributed by atoms with Crippen LogP contribution in [0.15, 0.2) is 17.6 Å². The predicted molar refractivity (Wildman–Crippen MR) is 70.0 cm³/mol. The van der Waals surface area contributed by atoms with Crippen molar-refractivity contribution in [2.45, 2.75) is 37.4 Å². The molecule has 1 atom stereocenters. The number of rotatable bonds is 4. The van der Waals surface area contributed by atoms with Crippen molar-refractivity contribution in [1.82, 2.24) is 14.3 Å². The Bertz CT molecular complexity index is 661. The summed E-state index contributed by atoms with van der Waals surface area (Å²) in [5.74, 6) is -0.113. The molecule has 1 N–H and O–H groups in total. The molecule has 1 aromatic rings. The molecule has 1 saturated heterocycles. The zero-order valence-electron chi connectivity index (χ0n) is 10.8. The van der Waals surface area contributed by atoms with Crippen LogP contribution >= 0.6 is 0 Å². The second kappa shape index (κ2) is 4.88.